The minimum absolute atomic E-state index is 0.0954. The molecule has 110 valence electrons. The lowest BCUT2D eigenvalue weighted by molar-refractivity contribution is 0.0697. The topological polar surface area (TPSA) is 86.6 Å². The molecule has 0 saturated carbocycles. The number of carbonyl (C=O) groups is 2. The van der Waals surface area contributed by atoms with Crippen molar-refractivity contribution in [3.8, 4) is 5.75 Å². The number of aromatic hydroxyl groups is 1. The highest BCUT2D eigenvalue weighted by atomic mass is 32.1. The molecule has 0 aliphatic heterocycles. The fourth-order valence-corrected chi connectivity index (χ4v) is 3.02. The van der Waals surface area contributed by atoms with E-state index >= 15 is 0 Å². The number of carboxylic acids is 1. The van der Waals surface area contributed by atoms with Crippen molar-refractivity contribution in [1.29, 1.82) is 0 Å². The van der Waals surface area contributed by atoms with E-state index in [4.69, 9.17) is 0 Å². The molecule has 2 aromatic rings. The number of amides is 1. The second-order valence-electron chi connectivity index (χ2n) is 4.77. The number of nitrogens with one attached hydrogen (secondary N) is 1. The van der Waals surface area contributed by atoms with Crippen molar-refractivity contribution in [3.05, 3.63) is 45.3 Å². The molecular formula is C15H15NO4S. The summed E-state index contributed by atoms with van der Waals surface area (Å²) in [6, 6.07) is 4.68. The molecule has 0 atom stereocenters. The number of carbonyl (C=O) groups excluding carboxylic acids is 1. The van der Waals surface area contributed by atoms with Crippen LogP contribution >= 0.6 is 11.3 Å². The summed E-state index contributed by atoms with van der Waals surface area (Å²) >= 11 is 1.21. The summed E-state index contributed by atoms with van der Waals surface area (Å²) in [5.74, 6) is -1.75. The number of aromatic carboxylic acids is 1. The van der Waals surface area contributed by atoms with Gasteiger partial charge in [-0.2, -0.15) is 0 Å². The van der Waals surface area contributed by atoms with Gasteiger partial charge in [0.25, 0.3) is 5.91 Å². The van der Waals surface area contributed by atoms with Gasteiger partial charge in [0.1, 0.15) is 10.8 Å². The van der Waals surface area contributed by atoms with Crippen LogP contribution < -0.4 is 5.32 Å². The number of hydrogen-bond acceptors (Lipinski definition) is 4. The SMILES string of the molecule is Cc1ccc(O)c(C(=O)Nc2sc(C)c(C)c2C(=O)O)c1. The highest BCUT2D eigenvalue weighted by molar-refractivity contribution is 7.16. The standard InChI is InChI=1S/C15H15NO4S/c1-7-4-5-11(17)10(6-7)13(18)16-14-12(15(19)20)8(2)9(3)21-14/h4-6,17H,1-3H3,(H,16,18)(H,19,20). The maximum Gasteiger partial charge on any atom is 0.338 e. The van der Waals surface area contributed by atoms with Crippen molar-refractivity contribution in [2.24, 2.45) is 0 Å². The van der Waals surface area contributed by atoms with Gasteiger partial charge < -0.3 is 15.5 Å². The first-order chi connectivity index (χ1) is 9.81. The Hall–Kier alpha value is -2.34. The van der Waals surface area contributed by atoms with Crippen LogP contribution in [0.3, 0.4) is 0 Å². The molecule has 21 heavy (non-hydrogen) atoms. The predicted molar refractivity (Wildman–Crippen MR) is 81.5 cm³/mol. The average molecular weight is 305 g/mol. The number of aryl methyl sites for hydroxylation is 2. The largest absolute Gasteiger partial charge is 0.507 e. The summed E-state index contributed by atoms with van der Waals surface area (Å²) in [6.07, 6.45) is 0. The molecule has 0 aliphatic rings. The first kappa shape index (κ1) is 15.1. The van der Waals surface area contributed by atoms with Crippen LogP contribution in [0.4, 0.5) is 5.00 Å². The Bertz CT molecular complexity index is 734. The molecule has 2 rings (SSSR count). The van der Waals surface area contributed by atoms with Crippen LogP contribution in [0.1, 0.15) is 36.7 Å². The van der Waals surface area contributed by atoms with E-state index in [-0.39, 0.29) is 21.9 Å². The molecule has 0 spiro atoms. The molecule has 0 bridgehead atoms. The van der Waals surface area contributed by atoms with E-state index in [1.807, 2.05) is 0 Å². The lowest BCUT2D eigenvalue weighted by atomic mass is 10.1. The van der Waals surface area contributed by atoms with Gasteiger partial charge in [0.15, 0.2) is 0 Å². The number of anilines is 1. The van der Waals surface area contributed by atoms with Gasteiger partial charge in [-0.3, -0.25) is 4.79 Å². The van der Waals surface area contributed by atoms with E-state index in [0.29, 0.717) is 5.56 Å². The van der Waals surface area contributed by atoms with Crippen molar-refractivity contribution in [2.75, 3.05) is 5.32 Å². The lowest BCUT2D eigenvalue weighted by Gasteiger charge is -2.07. The van der Waals surface area contributed by atoms with E-state index in [1.54, 1.807) is 32.9 Å². The van der Waals surface area contributed by atoms with Crippen molar-refractivity contribution < 1.29 is 19.8 Å². The second-order valence-corrected chi connectivity index (χ2v) is 5.99. The molecule has 1 amide bonds. The van der Waals surface area contributed by atoms with Crippen LogP contribution in [0.15, 0.2) is 18.2 Å². The normalized spacial score (nSPS) is 10.4. The molecular weight excluding hydrogens is 290 g/mol. The fourth-order valence-electron chi connectivity index (χ4n) is 1.97. The molecule has 0 radical (unpaired) electrons. The third-order valence-electron chi connectivity index (χ3n) is 3.22. The summed E-state index contributed by atoms with van der Waals surface area (Å²) in [5.41, 5.74) is 1.68. The Balaban J connectivity index is 2.38. The van der Waals surface area contributed by atoms with Crippen LogP contribution in [-0.2, 0) is 0 Å². The Morgan fingerprint density at radius 3 is 2.48 bits per heavy atom. The maximum absolute atomic E-state index is 12.2. The zero-order valence-corrected chi connectivity index (χ0v) is 12.7. The van der Waals surface area contributed by atoms with Crippen LogP contribution in [0.2, 0.25) is 0 Å². The van der Waals surface area contributed by atoms with Crippen LogP contribution in [0, 0.1) is 20.8 Å². The number of carboxylic acid groups (broad SMARTS) is 1. The fraction of sp³-hybridized carbons (Fsp3) is 0.200. The Morgan fingerprint density at radius 1 is 1.19 bits per heavy atom. The van der Waals surface area contributed by atoms with E-state index in [1.165, 1.54) is 17.4 Å². The molecule has 0 saturated heterocycles. The quantitative estimate of drug-likeness (QED) is 0.811. The number of phenolic OH excluding ortho intramolecular Hbond substituents is 1. The van der Waals surface area contributed by atoms with Gasteiger partial charge >= 0.3 is 5.97 Å². The third kappa shape index (κ3) is 2.90. The zero-order chi connectivity index (χ0) is 15.7. The average Bonchev–Trinajstić information content (AvgIpc) is 2.67. The van der Waals surface area contributed by atoms with Gasteiger partial charge in [0.2, 0.25) is 0 Å². The molecule has 1 heterocycles. The third-order valence-corrected chi connectivity index (χ3v) is 4.35. The zero-order valence-electron chi connectivity index (χ0n) is 11.9. The van der Waals surface area contributed by atoms with Crippen molar-refractivity contribution in [2.45, 2.75) is 20.8 Å². The second kappa shape index (κ2) is 5.57. The first-order valence-electron chi connectivity index (χ1n) is 6.25. The van der Waals surface area contributed by atoms with Gasteiger partial charge in [0.05, 0.1) is 11.1 Å². The number of benzene rings is 1. The Labute approximate surface area is 125 Å². The van der Waals surface area contributed by atoms with Crippen LogP contribution in [-0.4, -0.2) is 22.1 Å². The van der Waals surface area contributed by atoms with Crippen molar-refractivity contribution in [3.63, 3.8) is 0 Å². The van der Waals surface area contributed by atoms with Gasteiger partial charge in [-0.1, -0.05) is 11.6 Å². The van der Waals surface area contributed by atoms with E-state index in [9.17, 15) is 19.8 Å². The predicted octanol–water partition coefficient (Wildman–Crippen LogP) is 3.33. The molecule has 5 nitrogen and oxygen atoms in total. The number of phenols is 1. The van der Waals surface area contributed by atoms with Crippen molar-refractivity contribution in [1.82, 2.24) is 0 Å². The Morgan fingerprint density at radius 2 is 1.86 bits per heavy atom. The highest BCUT2D eigenvalue weighted by Crippen LogP contribution is 2.33. The Kier molecular flexibility index (Phi) is 3.99. The molecule has 0 fully saturated rings. The van der Waals surface area contributed by atoms with Crippen LogP contribution in [0.25, 0.3) is 0 Å². The summed E-state index contributed by atoms with van der Waals surface area (Å²) < 4.78 is 0. The van der Waals surface area contributed by atoms with E-state index < -0.39 is 11.9 Å². The minimum atomic E-state index is -1.08. The molecule has 1 aromatic carbocycles. The number of thiophene rings is 1. The van der Waals surface area contributed by atoms with E-state index in [0.717, 1.165) is 10.4 Å². The number of hydrogen-bond donors (Lipinski definition) is 3. The summed E-state index contributed by atoms with van der Waals surface area (Å²) in [7, 11) is 0. The van der Waals surface area contributed by atoms with E-state index in [2.05, 4.69) is 5.32 Å². The summed E-state index contributed by atoms with van der Waals surface area (Å²) in [4.78, 5) is 24.4. The molecule has 3 N–H and O–H groups in total. The lowest BCUT2D eigenvalue weighted by Crippen LogP contribution is -2.14. The monoisotopic (exact) mass is 305 g/mol. The van der Waals surface area contributed by atoms with Gasteiger partial charge in [-0.05, 0) is 38.5 Å². The van der Waals surface area contributed by atoms with Crippen LogP contribution in [0.5, 0.6) is 5.75 Å². The minimum Gasteiger partial charge on any atom is -0.507 e. The molecule has 6 heteroatoms. The van der Waals surface area contributed by atoms with Gasteiger partial charge in [-0.25, -0.2) is 4.79 Å². The maximum atomic E-state index is 12.2. The van der Waals surface area contributed by atoms with Crippen molar-refractivity contribution >= 4 is 28.2 Å². The van der Waals surface area contributed by atoms with Gasteiger partial charge in [0, 0.05) is 4.88 Å². The summed E-state index contributed by atoms with van der Waals surface area (Å²) in [5, 5.41) is 21.9. The first-order valence-corrected chi connectivity index (χ1v) is 7.07. The smallest absolute Gasteiger partial charge is 0.338 e. The highest BCUT2D eigenvalue weighted by Gasteiger charge is 2.21. The summed E-state index contributed by atoms with van der Waals surface area (Å²) in [6.45, 7) is 5.31. The molecule has 1 aromatic heterocycles. The molecule has 0 aliphatic carbocycles. The molecule has 0 unspecified atom stereocenters. The number of rotatable bonds is 3. The van der Waals surface area contributed by atoms with Gasteiger partial charge in [-0.15, -0.1) is 11.3 Å².